The summed E-state index contributed by atoms with van der Waals surface area (Å²) in [7, 11) is 4.15. The molecule has 4 nitrogen and oxygen atoms in total. The van der Waals surface area contributed by atoms with E-state index in [-0.39, 0.29) is 0 Å². The zero-order chi connectivity index (χ0) is 12.3. The SMILES string of the molecule is CN(Cc1cnn(C)c1)C1CCC(CO)CC1. The largest absolute Gasteiger partial charge is 0.396 e. The highest BCUT2D eigenvalue weighted by Gasteiger charge is 2.23. The van der Waals surface area contributed by atoms with Crippen molar-refractivity contribution in [2.24, 2.45) is 13.0 Å². The first kappa shape index (κ1) is 12.6. The van der Waals surface area contributed by atoms with Crippen molar-refractivity contribution >= 4 is 0 Å². The van der Waals surface area contributed by atoms with E-state index < -0.39 is 0 Å². The molecule has 96 valence electrons. The van der Waals surface area contributed by atoms with Gasteiger partial charge in [-0.15, -0.1) is 0 Å². The topological polar surface area (TPSA) is 41.3 Å². The maximum Gasteiger partial charge on any atom is 0.0534 e. The number of hydrogen-bond acceptors (Lipinski definition) is 3. The predicted octanol–water partition coefficient (Wildman–Crippen LogP) is 1.40. The van der Waals surface area contributed by atoms with E-state index in [0.717, 1.165) is 6.54 Å². The molecule has 0 unspecified atom stereocenters. The molecule has 2 rings (SSSR count). The van der Waals surface area contributed by atoms with Crippen molar-refractivity contribution < 1.29 is 5.11 Å². The van der Waals surface area contributed by atoms with Crippen LogP contribution >= 0.6 is 0 Å². The summed E-state index contributed by atoms with van der Waals surface area (Å²) in [5.41, 5.74) is 1.28. The molecule has 1 aromatic rings. The zero-order valence-corrected chi connectivity index (χ0v) is 10.8. The lowest BCUT2D eigenvalue weighted by molar-refractivity contribution is 0.124. The summed E-state index contributed by atoms with van der Waals surface area (Å²) in [5.74, 6) is 0.540. The third kappa shape index (κ3) is 3.30. The Balaban J connectivity index is 1.82. The van der Waals surface area contributed by atoms with Crippen LogP contribution in [0, 0.1) is 5.92 Å². The van der Waals surface area contributed by atoms with E-state index in [4.69, 9.17) is 5.11 Å². The molecule has 0 bridgehead atoms. The van der Waals surface area contributed by atoms with E-state index in [1.807, 2.05) is 17.9 Å². The first-order valence-electron chi connectivity index (χ1n) is 6.47. The lowest BCUT2D eigenvalue weighted by Gasteiger charge is -2.33. The number of hydrogen-bond donors (Lipinski definition) is 1. The fraction of sp³-hybridized carbons (Fsp3) is 0.769. The molecule has 0 spiro atoms. The van der Waals surface area contributed by atoms with Crippen molar-refractivity contribution in [1.29, 1.82) is 0 Å². The molecule has 0 aliphatic heterocycles. The minimum atomic E-state index is 0.360. The van der Waals surface area contributed by atoms with Gasteiger partial charge in [-0.3, -0.25) is 9.58 Å². The van der Waals surface area contributed by atoms with Crippen molar-refractivity contribution in [1.82, 2.24) is 14.7 Å². The van der Waals surface area contributed by atoms with E-state index in [1.165, 1.54) is 31.2 Å². The van der Waals surface area contributed by atoms with Crippen molar-refractivity contribution in [3.8, 4) is 0 Å². The predicted molar refractivity (Wildman–Crippen MR) is 67.5 cm³/mol. The third-order valence-corrected chi connectivity index (χ3v) is 3.89. The summed E-state index contributed by atoms with van der Waals surface area (Å²) in [4.78, 5) is 2.42. The summed E-state index contributed by atoms with van der Waals surface area (Å²) in [6.45, 7) is 1.33. The average Bonchev–Trinajstić information content (AvgIpc) is 2.75. The molecule has 1 aromatic heterocycles. The van der Waals surface area contributed by atoms with Gasteiger partial charge in [-0.2, -0.15) is 5.10 Å². The Hall–Kier alpha value is -0.870. The van der Waals surface area contributed by atoms with Crippen LogP contribution in [0.2, 0.25) is 0 Å². The molecule has 1 aliphatic rings. The second-order valence-corrected chi connectivity index (χ2v) is 5.29. The van der Waals surface area contributed by atoms with Crippen LogP contribution in [0.3, 0.4) is 0 Å². The number of aliphatic hydroxyl groups excluding tert-OH is 1. The smallest absolute Gasteiger partial charge is 0.0534 e. The van der Waals surface area contributed by atoms with E-state index in [0.29, 0.717) is 18.6 Å². The van der Waals surface area contributed by atoms with Crippen molar-refractivity contribution in [2.75, 3.05) is 13.7 Å². The third-order valence-electron chi connectivity index (χ3n) is 3.89. The summed E-state index contributed by atoms with van der Waals surface area (Å²) >= 11 is 0. The maximum atomic E-state index is 9.13. The van der Waals surface area contributed by atoms with Crippen LogP contribution in [0.5, 0.6) is 0 Å². The highest BCUT2D eigenvalue weighted by Crippen LogP contribution is 2.27. The average molecular weight is 237 g/mol. The fourth-order valence-corrected chi connectivity index (χ4v) is 2.74. The van der Waals surface area contributed by atoms with Crippen molar-refractivity contribution in [3.05, 3.63) is 18.0 Å². The number of aliphatic hydroxyl groups is 1. The second-order valence-electron chi connectivity index (χ2n) is 5.29. The molecule has 0 radical (unpaired) electrons. The number of aromatic nitrogens is 2. The Kier molecular flexibility index (Phi) is 4.18. The molecule has 1 saturated carbocycles. The van der Waals surface area contributed by atoms with Crippen LogP contribution in [0.15, 0.2) is 12.4 Å². The first-order chi connectivity index (χ1) is 8.19. The van der Waals surface area contributed by atoms with Gasteiger partial charge in [0.2, 0.25) is 0 Å². The van der Waals surface area contributed by atoms with Crippen LogP contribution in [0.4, 0.5) is 0 Å². The summed E-state index contributed by atoms with van der Waals surface area (Å²) in [5, 5.41) is 13.3. The van der Waals surface area contributed by atoms with E-state index >= 15 is 0 Å². The minimum Gasteiger partial charge on any atom is -0.396 e. The Bertz CT molecular complexity index is 342. The quantitative estimate of drug-likeness (QED) is 0.860. The van der Waals surface area contributed by atoms with Gasteiger partial charge in [-0.25, -0.2) is 0 Å². The Morgan fingerprint density at radius 2 is 2.12 bits per heavy atom. The van der Waals surface area contributed by atoms with Crippen LogP contribution in [0.25, 0.3) is 0 Å². The summed E-state index contributed by atoms with van der Waals surface area (Å²) in [6, 6.07) is 0.665. The molecule has 1 heterocycles. The van der Waals surface area contributed by atoms with Gasteiger partial charge < -0.3 is 5.11 Å². The van der Waals surface area contributed by atoms with Gasteiger partial charge in [0.1, 0.15) is 0 Å². The summed E-state index contributed by atoms with van der Waals surface area (Å²) in [6.07, 6.45) is 8.77. The number of aryl methyl sites for hydroxylation is 1. The lowest BCUT2D eigenvalue weighted by Crippen LogP contribution is -2.35. The minimum absolute atomic E-state index is 0.360. The summed E-state index contributed by atoms with van der Waals surface area (Å²) < 4.78 is 1.85. The normalized spacial score (nSPS) is 25.4. The molecule has 4 heteroatoms. The molecule has 0 saturated heterocycles. The zero-order valence-electron chi connectivity index (χ0n) is 10.8. The Morgan fingerprint density at radius 3 is 2.65 bits per heavy atom. The molecule has 17 heavy (non-hydrogen) atoms. The molecule has 0 amide bonds. The molecular formula is C13H23N3O. The molecule has 1 fully saturated rings. The highest BCUT2D eigenvalue weighted by molar-refractivity contribution is 5.03. The fourth-order valence-electron chi connectivity index (χ4n) is 2.74. The molecule has 0 atom stereocenters. The van der Waals surface area contributed by atoms with Crippen molar-refractivity contribution in [3.63, 3.8) is 0 Å². The van der Waals surface area contributed by atoms with Gasteiger partial charge in [0, 0.05) is 38.0 Å². The van der Waals surface area contributed by atoms with Gasteiger partial charge in [-0.05, 0) is 38.6 Å². The van der Waals surface area contributed by atoms with Gasteiger partial charge in [0.15, 0.2) is 0 Å². The lowest BCUT2D eigenvalue weighted by atomic mass is 9.86. The Labute approximate surface area is 103 Å². The van der Waals surface area contributed by atoms with E-state index in [9.17, 15) is 0 Å². The second kappa shape index (κ2) is 5.65. The van der Waals surface area contributed by atoms with E-state index in [2.05, 4.69) is 23.2 Å². The van der Waals surface area contributed by atoms with Gasteiger partial charge >= 0.3 is 0 Å². The monoisotopic (exact) mass is 237 g/mol. The molecule has 0 aromatic carbocycles. The molecular weight excluding hydrogens is 214 g/mol. The molecule has 1 aliphatic carbocycles. The van der Waals surface area contributed by atoms with Crippen LogP contribution in [0.1, 0.15) is 31.2 Å². The first-order valence-corrected chi connectivity index (χ1v) is 6.47. The van der Waals surface area contributed by atoms with Gasteiger partial charge in [0.05, 0.1) is 6.20 Å². The van der Waals surface area contributed by atoms with Gasteiger partial charge in [0.25, 0.3) is 0 Å². The number of rotatable bonds is 4. The van der Waals surface area contributed by atoms with Crippen molar-refractivity contribution in [2.45, 2.75) is 38.3 Å². The maximum absolute atomic E-state index is 9.13. The van der Waals surface area contributed by atoms with E-state index in [1.54, 1.807) is 0 Å². The standard InChI is InChI=1S/C13H23N3O/c1-15(8-12-7-14-16(2)9-12)13-5-3-11(10-17)4-6-13/h7,9,11,13,17H,3-6,8,10H2,1-2H3. The highest BCUT2D eigenvalue weighted by atomic mass is 16.3. The van der Waals surface area contributed by atoms with Crippen LogP contribution < -0.4 is 0 Å². The van der Waals surface area contributed by atoms with Crippen LogP contribution in [-0.2, 0) is 13.6 Å². The Morgan fingerprint density at radius 1 is 1.41 bits per heavy atom. The van der Waals surface area contributed by atoms with Crippen LogP contribution in [-0.4, -0.2) is 39.5 Å². The number of nitrogens with zero attached hydrogens (tertiary/aromatic N) is 3. The molecule has 1 N–H and O–H groups in total. The van der Waals surface area contributed by atoms with Gasteiger partial charge in [-0.1, -0.05) is 0 Å².